The van der Waals surface area contributed by atoms with Crippen LogP contribution in [0.3, 0.4) is 0 Å². The number of nitrogens with zero attached hydrogens (tertiary/aromatic N) is 2. The van der Waals surface area contributed by atoms with Crippen molar-refractivity contribution in [2.24, 2.45) is 0 Å². The number of aromatic nitrogens is 2. The summed E-state index contributed by atoms with van der Waals surface area (Å²) in [4.78, 5) is 22.9. The molecule has 98 valence electrons. The Hall–Kier alpha value is -2.23. The Labute approximate surface area is 111 Å². The number of carbonyl (C=O) groups excluding carboxylic acids is 1. The van der Waals surface area contributed by atoms with Crippen LogP contribution in [0.25, 0.3) is 11.3 Å². The molecular weight excluding hydrogens is 240 g/mol. The second-order valence-corrected chi connectivity index (χ2v) is 4.50. The summed E-state index contributed by atoms with van der Waals surface area (Å²) in [5.41, 5.74) is 2.53. The van der Waals surface area contributed by atoms with Gasteiger partial charge in [-0.05, 0) is 19.4 Å². The van der Waals surface area contributed by atoms with Crippen LogP contribution in [0.2, 0.25) is 0 Å². The molecule has 0 atom stereocenters. The Morgan fingerprint density at radius 3 is 2.53 bits per heavy atom. The van der Waals surface area contributed by atoms with Crippen LogP contribution < -0.4 is 5.56 Å². The highest BCUT2D eigenvalue weighted by Crippen LogP contribution is 2.16. The average Bonchev–Trinajstić information content (AvgIpc) is 2.42. The molecule has 0 radical (unpaired) electrons. The van der Waals surface area contributed by atoms with Gasteiger partial charge >= 0.3 is 0 Å². The summed E-state index contributed by atoms with van der Waals surface area (Å²) < 4.78 is 1.36. The summed E-state index contributed by atoms with van der Waals surface area (Å²) in [5, 5.41) is 4.32. The predicted octanol–water partition coefficient (Wildman–Crippen LogP) is 2.44. The van der Waals surface area contributed by atoms with Crippen LogP contribution in [0.5, 0.6) is 0 Å². The molecule has 0 aliphatic carbocycles. The molecule has 0 amide bonds. The third kappa shape index (κ3) is 2.78. The summed E-state index contributed by atoms with van der Waals surface area (Å²) in [6, 6.07) is 9.38. The van der Waals surface area contributed by atoms with Gasteiger partial charge in [-0.25, -0.2) is 4.68 Å². The van der Waals surface area contributed by atoms with Crippen molar-refractivity contribution >= 4 is 6.29 Å². The molecule has 4 heteroatoms. The first-order valence-electron chi connectivity index (χ1n) is 6.30. The number of hydrogen-bond acceptors (Lipinski definition) is 3. The zero-order valence-corrected chi connectivity index (χ0v) is 11.1. The molecule has 0 bridgehead atoms. The van der Waals surface area contributed by atoms with Gasteiger partial charge in [0.1, 0.15) is 0 Å². The van der Waals surface area contributed by atoms with E-state index in [-0.39, 0.29) is 11.1 Å². The summed E-state index contributed by atoms with van der Waals surface area (Å²) in [5.74, 6) is 0. The predicted molar refractivity (Wildman–Crippen MR) is 74.3 cm³/mol. The van der Waals surface area contributed by atoms with Crippen LogP contribution in [-0.4, -0.2) is 16.1 Å². The van der Waals surface area contributed by atoms with Gasteiger partial charge in [-0.2, -0.15) is 5.10 Å². The fourth-order valence-electron chi connectivity index (χ4n) is 1.88. The van der Waals surface area contributed by atoms with E-state index < -0.39 is 0 Å². The molecule has 0 saturated heterocycles. The van der Waals surface area contributed by atoms with Crippen LogP contribution in [0.1, 0.15) is 29.3 Å². The van der Waals surface area contributed by atoms with Crippen LogP contribution in [0.15, 0.2) is 35.1 Å². The van der Waals surface area contributed by atoms with E-state index in [1.54, 1.807) is 6.07 Å². The molecule has 19 heavy (non-hydrogen) atoms. The lowest BCUT2D eigenvalue weighted by Gasteiger charge is -2.07. The van der Waals surface area contributed by atoms with Gasteiger partial charge in [0.25, 0.3) is 5.56 Å². The third-order valence-electron chi connectivity index (χ3n) is 2.91. The van der Waals surface area contributed by atoms with E-state index in [1.165, 1.54) is 4.68 Å². The monoisotopic (exact) mass is 256 g/mol. The van der Waals surface area contributed by atoms with Crippen molar-refractivity contribution in [3.63, 3.8) is 0 Å². The molecular formula is C15H16N2O2. The normalized spacial score (nSPS) is 10.4. The van der Waals surface area contributed by atoms with E-state index in [9.17, 15) is 9.59 Å². The Kier molecular flexibility index (Phi) is 3.90. The van der Waals surface area contributed by atoms with Crippen molar-refractivity contribution in [1.82, 2.24) is 9.78 Å². The van der Waals surface area contributed by atoms with Gasteiger partial charge in [-0.15, -0.1) is 0 Å². The number of carbonyl (C=O) groups is 1. The second-order valence-electron chi connectivity index (χ2n) is 4.50. The van der Waals surface area contributed by atoms with Gasteiger partial charge in [0, 0.05) is 12.1 Å². The van der Waals surface area contributed by atoms with Crippen molar-refractivity contribution in [2.45, 2.75) is 26.8 Å². The fraction of sp³-hybridized carbons (Fsp3) is 0.267. The minimum absolute atomic E-state index is 0.152. The molecule has 0 saturated carbocycles. The standard InChI is InChI=1S/C15H16N2O2/c1-3-8-17-15(19)13(10-18)9-14(16-17)12-6-4-11(2)5-7-12/h4-7,9-10H,3,8H2,1-2H3. The highest BCUT2D eigenvalue weighted by atomic mass is 16.1. The maximum atomic E-state index is 11.9. The van der Waals surface area contributed by atoms with E-state index >= 15 is 0 Å². The van der Waals surface area contributed by atoms with Gasteiger partial charge in [-0.1, -0.05) is 36.8 Å². The summed E-state index contributed by atoms with van der Waals surface area (Å²) in [6.45, 7) is 4.48. The van der Waals surface area contributed by atoms with Gasteiger partial charge in [0.2, 0.25) is 0 Å². The summed E-state index contributed by atoms with van der Waals surface area (Å²) in [6.07, 6.45) is 1.39. The molecule has 0 fully saturated rings. The van der Waals surface area contributed by atoms with E-state index in [4.69, 9.17) is 0 Å². The first-order chi connectivity index (χ1) is 9.15. The van der Waals surface area contributed by atoms with E-state index in [2.05, 4.69) is 5.10 Å². The van der Waals surface area contributed by atoms with Crippen LogP contribution in [0.4, 0.5) is 0 Å². The molecule has 0 spiro atoms. The summed E-state index contributed by atoms with van der Waals surface area (Å²) in [7, 11) is 0. The fourth-order valence-corrected chi connectivity index (χ4v) is 1.88. The Balaban J connectivity index is 2.57. The van der Waals surface area contributed by atoms with Crippen molar-refractivity contribution < 1.29 is 4.79 Å². The largest absolute Gasteiger partial charge is 0.298 e. The molecule has 1 aromatic heterocycles. The zero-order valence-electron chi connectivity index (χ0n) is 11.1. The number of aryl methyl sites for hydroxylation is 2. The highest BCUT2D eigenvalue weighted by Gasteiger charge is 2.08. The third-order valence-corrected chi connectivity index (χ3v) is 2.91. The second kappa shape index (κ2) is 5.61. The Morgan fingerprint density at radius 2 is 1.95 bits per heavy atom. The summed E-state index contributed by atoms with van der Waals surface area (Å²) >= 11 is 0. The van der Waals surface area contributed by atoms with Crippen molar-refractivity contribution in [2.75, 3.05) is 0 Å². The molecule has 1 heterocycles. The van der Waals surface area contributed by atoms with Gasteiger partial charge in [0.05, 0.1) is 11.3 Å². The number of benzene rings is 1. The van der Waals surface area contributed by atoms with E-state index in [0.717, 1.165) is 17.5 Å². The first-order valence-corrected chi connectivity index (χ1v) is 6.30. The molecule has 0 N–H and O–H groups in total. The molecule has 0 aliphatic heterocycles. The lowest BCUT2D eigenvalue weighted by molar-refractivity contribution is 0.112. The number of aldehydes is 1. The van der Waals surface area contributed by atoms with Crippen molar-refractivity contribution in [1.29, 1.82) is 0 Å². The molecule has 4 nitrogen and oxygen atoms in total. The quantitative estimate of drug-likeness (QED) is 0.789. The SMILES string of the molecule is CCCn1nc(-c2ccc(C)cc2)cc(C=O)c1=O. The van der Waals surface area contributed by atoms with Gasteiger partial charge in [-0.3, -0.25) is 9.59 Å². The lowest BCUT2D eigenvalue weighted by Crippen LogP contribution is -2.26. The average molecular weight is 256 g/mol. The van der Waals surface area contributed by atoms with E-state index in [1.807, 2.05) is 38.1 Å². The number of hydrogen-bond donors (Lipinski definition) is 0. The Morgan fingerprint density at radius 1 is 1.26 bits per heavy atom. The molecule has 2 rings (SSSR count). The minimum Gasteiger partial charge on any atom is -0.298 e. The van der Waals surface area contributed by atoms with Gasteiger partial charge in [0.15, 0.2) is 6.29 Å². The first kappa shape index (κ1) is 13.2. The molecule has 1 aromatic carbocycles. The maximum absolute atomic E-state index is 11.9. The molecule has 0 aliphatic rings. The highest BCUT2D eigenvalue weighted by molar-refractivity contribution is 5.76. The van der Waals surface area contributed by atoms with Crippen LogP contribution in [0, 0.1) is 6.92 Å². The van der Waals surface area contributed by atoms with Crippen LogP contribution >= 0.6 is 0 Å². The van der Waals surface area contributed by atoms with Gasteiger partial charge < -0.3 is 0 Å². The smallest absolute Gasteiger partial charge is 0.277 e. The lowest BCUT2D eigenvalue weighted by atomic mass is 10.1. The topological polar surface area (TPSA) is 52.0 Å². The van der Waals surface area contributed by atoms with Crippen molar-refractivity contribution in [3.8, 4) is 11.3 Å². The molecule has 2 aromatic rings. The van der Waals surface area contributed by atoms with Crippen LogP contribution in [-0.2, 0) is 6.54 Å². The zero-order chi connectivity index (χ0) is 13.8. The minimum atomic E-state index is -0.326. The van der Waals surface area contributed by atoms with E-state index in [0.29, 0.717) is 18.5 Å². The number of rotatable bonds is 4. The Bertz CT molecular complexity index is 642. The molecule has 0 unspecified atom stereocenters. The maximum Gasteiger partial charge on any atom is 0.277 e. The van der Waals surface area contributed by atoms with Crippen molar-refractivity contribution in [3.05, 3.63) is 51.8 Å².